The van der Waals surface area contributed by atoms with Crippen molar-refractivity contribution in [3.8, 4) is 0 Å². The van der Waals surface area contributed by atoms with Crippen molar-refractivity contribution in [1.82, 2.24) is 0 Å². The molecule has 2 aliphatic rings. The van der Waals surface area contributed by atoms with Crippen molar-refractivity contribution in [2.24, 2.45) is 5.92 Å². The standard InChI is InChI=1S/C14H19FN2/c1-10-5-7-14(8-6-10)9-16-13-11(15)3-2-4-12(13)17-14/h2-4,10,16-17H,5-9H2,1H3. The van der Waals surface area contributed by atoms with Gasteiger partial charge in [0.05, 0.1) is 16.9 Å². The molecule has 2 N–H and O–H groups in total. The summed E-state index contributed by atoms with van der Waals surface area (Å²) in [4.78, 5) is 0. The summed E-state index contributed by atoms with van der Waals surface area (Å²) < 4.78 is 13.6. The maximum absolute atomic E-state index is 13.6. The van der Waals surface area contributed by atoms with Crippen molar-refractivity contribution in [3.63, 3.8) is 0 Å². The molecule has 0 aromatic heterocycles. The van der Waals surface area contributed by atoms with Crippen molar-refractivity contribution in [2.45, 2.75) is 38.1 Å². The van der Waals surface area contributed by atoms with E-state index in [-0.39, 0.29) is 11.4 Å². The average Bonchev–Trinajstić information content (AvgIpc) is 2.34. The molecule has 17 heavy (non-hydrogen) atoms. The third-order valence-corrected chi connectivity index (χ3v) is 4.25. The van der Waals surface area contributed by atoms with Crippen LogP contribution < -0.4 is 10.6 Å². The van der Waals surface area contributed by atoms with Crippen LogP contribution in [0.25, 0.3) is 0 Å². The summed E-state index contributed by atoms with van der Waals surface area (Å²) in [5.41, 5.74) is 1.70. The Balaban J connectivity index is 1.85. The van der Waals surface area contributed by atoms with Crippen molar-refractivity contribution in [3.05, 3.63) is 24.0 Å². The largest absolute Gasteiger partial charge is 0.379 e. The highest BCUT2D eigenvalue weighted by Gasteiger charge is 2.37. The fourth-order valence-corrected chi connectivity index (χ4v) is 3.01. The van der Waals surface area contributed by atoms with Crippen LogP contribution in [0.1, 0.15) is 32.6 Å². The number of benzene rings is 1. The van der Waals surface area contributed by atoms with Crippen LogP contribution in [-0.4, -0.2) is 12.1 Å². The van der Waals surface area contributed by atoms with E-state index in [0.717, 1.165) is 18.2 Å². The topological polar surface area (TPSA) is 24.1 Å². The van der Waals surface area contributed by atoms with Gasteiger partial charge in [-0.05, 0) is 43.7 Å². The van der Waals surface area contributed by atoms with Crippen molar-refractivity contribution in [1.29, 1.82) is 0 Å². The number of anilines is 2. The first-order valence-electron chi connectivity index (χ1n) is 6.49. The molecule has 2 nitrogen and oxygen atoms in total. The Labute approximate surface area is 102 Å². The van der Waals surface area contributed by atoms with Crippen molar-refractivity contribution in [2.75, 3.05) is 17.2 Å². The van der Waals surface area contributed by atoms with Gasteiger partial charge < -0.3 is 10.6 Å². The lowest BCUT2D eigenvalue weighted by molar-refractivity contribution is 0.274. The Hall–Kier alpha value is -1.25. The van der Waals surface area contributed by atoms with Crippen LogP contribution in [0.3, 0.4) is 0 Å². The van der Waals surface area contributed by atoms with Crippen molar-refractivity contribution < 1.29 is 4.39 Å². The Morgan fingerprint density at radius 2 is 2.06 bits per heavy atom. The molecular weight excluding hydrogens is 215 g/mol. The smallest absolute Gasteiger partial charge is 0.148 e. The van der Waals surface area contributed by atoms with Crippen molar-refractivity contribution >= 4 is 11.4 Å². The first kappa shape index (κ1) is 10.9. The molecule has 0 unspecified atom stereocenters. The SMILES string of the molecule is CC1CCC2(CC1)CNc1c(F)cccc1N2. The van der Waals surface area contributed by atoms with Crippen LogP contribution in [0.2, 0.25) is 0 Å². The molecule has 1 aromatic carbocycles. The fraction of sp³-hybridized carbons (Fsp3) is 0.571. The van der Waals surface area contributed by atoms with E-state index in [1.54, 1.807) is 6.07 Å². The number of rotatable bonds is 0. The summed E-state index contributed by atoms with van der Waals surface area (Å²) in [7, 11) is 0. The quantitative estimate of drug-likeness (QED) is 0.716. The van der Waals surface area contributed by atoms with Gasteiger partial charge in [0.2, 0.25) is 0 Å². The predicted octanol–water partition coefficient (Wildman–Crippen LogP) is 3.61. The van der Waals surface area contributed by atoms with E-state index < -0.39 is 0 Å². The molecule has 1 spiro atoms. The molecule has 1 aromatic rings. The molecule has 1 fully saturated rings. The number of hydrogen-bond acceptors (Lipinski definition) is 2. The number of hydrogen-bond donors (Lipinski definition) is 2. The lowest BCUT2D eigenvalue weighted by Gasteiger charge is -2.44. The van der Waals surface area contributed by atoms with E-state index in [1.807, 2.05) is 6.07 Å². The minimum Gasteiger partial charge on any atom is -0.379 e. The van der Waals surface area contributed by atoms with Gasteiger partial charge in [-0.25, -0.2) is 4.39 Å². The van der Waals surface area contributed by atoms with Gasteiger partial charge in [-0.2, -0.15) is 0 Å². The first-order chi connectivity index (χ1) is 8.19. The highest BCUT2D eigenvalue weighted by Crippen LogP contribution is 2.40. The van der Waals surface area contributed by atoms with Crippen LogP contribution in [0.5, 0.6) is 0 Å². The monoisotopic (exact) mass is 234 g/mol. The molecule has 3 heteroatoms. The highest BCUT2D eigenvalue weighted by atomic mass is 19.1. The van der Waals surface area contributed by atoms with Crippen LogP contribution in [0, 0.1) is 11.7 Å². The third-order valence-electron chi connectivity index (χ3n) is 4.25. The van der Waals surface area contributed by atoms with E-state index in [9.17, 15) is 4.39 Å². The van der Waals surface area contributed by atoms with E-state index in [0.29, 0.717) is 5.69 Å². The number of nitrogens with one attached hydrogen (secondary N) is 2. The van der Waals surface area contributed by atoms with Crippen LogP contribution >= 0.6 is 0 Å². The van der Waals surface area contributed by atoms with Crippen LogP contribution in [0.4, 0.5) is 15.8 Å². The van der Waals surface area contributed by atoms with Crippen LogP contribution in [0.15, 0.2) is 18.2 Å². The number of fused-ring (bicyclic) bond motifs is 1. The van der Waals surface area contributed by atoms with Gasteiger partial charge in [-0.3, -0.25) is 0 Å². The van der Waals surface area contributed by atoms with E-state index in [4.69, 9.17) is 0 Å². The summed E-state index contributed by atoms with van der Waals surface area (Å²) >= 11 is 0. The lowest BCUT2D eigenvalue weighted by atomic mass is 9.76. The minimum atomic E-state index is -0.158. The second-order valence-corrected chi connectivity index (χ2v) is 5.60. The van der Waals surface area contributed by atoms with Gasteiger partial charge in [0.15, 0.2) is 0 Å². The zero-order valence-electron chi connectivity index (χ0n) is 10.2. The summed E-state index contributed by atoms with van der Waals surface area (Å²) in [6.45, 7) is 3.16. The number of para-hydroxylation sites is 1. The van der Waals surface area contributed by atoms with E-state index in [1.165, 1.54) is 31.7 Å². The molecule has 92 valence electrons. The van der Waals surface area contributed by atoms with Gasteiger partial charge in [0, 0.05) is 6.54 Å². The minimum absolute atomic E-state index is 0.146. The van der Waals surface area contributed by atoms with Gasteiger partial charge in [-0.15, -0.1) is 0 Å². The molecular formula is C14H19FN2. The van der Waals surface area contributed by atoms with Gasteiger partial charge in [0.1, 0.15) is 5.82 Å². The highest BCUT2D eigenvalue weighted by molar-refractivity contribution is 5.72. The molecule has 0 amide bonds. The maximum Gasteiger partial charge on any atom is 0.148 e. The Morgan fingerprint density at radius 3 is 2.82 bits per heavy atom. The average molecular weight is 234 g/mol. The summed E-state index contributed by atoms with van der Waals surface area (Å²) in [5.74, 6) is 0.672. The molecule has 1 heterocycles. The first-order valence-corrected chi connectivity index (χ1v) is 6.49. The summed E-state index contributed by atoms with van der Waals surface area (Å²) in [6, 6.07) is 5.24. The second kappa shape index (κ2) is 3.90. The molecule has 1 saturated carbocycles. The fourth-order valence-electron chi connectivity index (χ4n) is 3.01. The molecule has 0 atom stereocenters. The molecule has 0 bridgehead atoms. The molecule has 0 radical (unpaired) electrons. The molecule has 0 saturated heterocycles. The number of halogens is 1. The third kappa shape index (κ3) is 1.88. The lowest BCUT2D eigenvalue weighted by Crippen LogP contribution is -2.50. The molecule has 1 aliphatic heterocycles. The van der Waals surface area contributed by atoms with Gasteiger partial charge >= 0.3 is 0 Å². The van der Waals surface area contributed by atoms with E-state index >= 15 is 0 Å². The van der Waals surface area contributed by atoms with Crippen LogP contribution in [-0.2, 0) is 0 Å². The van der Waals surface area contributed by atoms with Gasteiger partial charge in [0.25, 0.3) is 0 Å². The van der Waals surface area contributed by atoms with E-state index in [2.05, 4.69) is 17.6 Å². The summed E-state index contributed by atoms with van der Waals surface area (Å²) in [5, 5.41) is 6.84. The zero-order valence-corrected chi connectivity index (χ0v) is 10.2. The predicted molar refractivity (Wildman–Crippen MR) is 68.9 cm³/mol. The second-order valence-electron chi connectivity index (χ2n) is 5.60. The maximum atomic E-state index is 13.6. The summed E-state index contributed by atoms with van der Waals surface area (Å²) in [6.07, 6.45) is 4.88. The Kier molecular flexibility index (Phi) is 2.49. The Morgan fingerprint density at radius 1 is 1.29 bits per heavy atom. The molecule has 3 rings (SSSR count). The zero-order chi connectivity index (χ0) is 11.9. The van der Waals surface area contributed by atoms with Gasteiger partial charge in [-0.1, -0.05) is 13.0 Å². The normalized spacial score (nSPS) is 31.5. The molecule has 1 aliphatic carbocycles. The Bertz CT molecular complexity index is 422.